The highest BCUT2D eigenvalue weighted by molar-refractivity contribution is 5.95. The van der Waals surface area contributed by atoms with Crippen LogP contribution in [0.5, 0.6) is 5.75 Å². The predicted molar refractivity (Wildman–Crippen MR) is 95.8 cm³/mol. The third-order valence-electron chi connectivity index (χ3n) is 3.43. The summed E-state index contributed by atoms with van der Waals surface area (Å²) in [5.74, 6) is -1.16. The summed E-state index contributed by atoms with van der Waals surface area (Å²) in [4.78, 5) is 34.8. The first kappa shape index (κ1) is 19.0. The Kier molecular flexibility index (Phi) is 6.32. The highest BCUT2D eigenvalue weighted by atomic mass is 16.6. The van der Waals surface area contributed by atoms with Crippen LogP contribution in [0, 0.1) is 6.92 Å². The number of ether oxygens (including phenoxy) is 2. The topological polar surface area (TPSA) is 108 Å². The molecule has 0 fully saturated rings. The molecule has 2 amide bonds. The minimum absolute atomic E-state index is 0.330. The molecule has 0 heterocycles. The van der Waals surface area contributed by atoms with Crippen LogP contribution in [0.15, 0.2) is 48.5 Å². The predicted octanol–water partition coefficient (Wildman–Crippen LogP) is 2.04. The molecule has 0 spiro atoms. The molecule has 0 aromatic heterocycles. The van der Waals surface area contributed by atoms with Crippen molar-refractivity contribution < 1.29 is 23.9 Å². The van der Waals surface area contributed by atoms with E-state index in [4.69, 9.17) is 15.2 Å². The lowest BCUT2D eigenvalue weighted by Crippen LogP contribution is -2.29. The number of carbonyl (C=O) groups excluding carboxylic acids is 3. The van der Waals surface area contributed by atoms with E-state index in [0.29, 0.717) is 17.0 Å². The Bertz CT molecular complexity index is 802. The molecule has 1 atom stereocenters. The van der Waals surface area contributed by atoms with Crippen molar-refractivity contribution in [3.8, 4) is 5.75 Å². The Labute approximate surface area is 151 Å². The molecule has 136 valence electrons. The van der Waals surface area contributed by atoms with Gasteiger partial charge in [-0.15, -0.1) is 0 Å². The number of nitrogens with two attached hydrogens (primary N) is 1. The molecule has 0 aliphatic rings. The molecule has 7 nitrogen and oxygen atoms in total. The summed E-state index contributed by atoms with van der Waals surface area (Å²) in [7, 11) is 0. The van der Waals surface area contributed by atoms with Crippen molar-refractivity contribution >= 4 is 23.5 Å². The number of amides is 2. The number of benzene rings is 2. The van der Waals surface area contributed by atoms with E-state index in [-0.39, 0.29) is 0 Å². The molecule has 3 N–H and O–H groups in total. The fourth-order valence-electron chi connectivity index (χ4n) is 2.11. The summed E-state index contributed by atoms with van der Waals surface area (Å²) in [6.45, 7) is 3.01. The van der Waals surface area contributed by atoms with Gasteiger partial charge in [0.15, 0.2) is 12.7 Å². The van der Waals surface area contributed by atoms with Crippen LogP contribution in [0.3, 0.4) is 0 Å². The van der Waals surface area contributed by atoms with Gasteiger partial charge in [0.1, 0.15) is 5.75 Å². The molecule has 7 heteroatoms. The second-order valence-electron chi connectivity index (χ2n) is 5.67. The van der Waals surface area contributed by atoms with Crippen molar-refractivity contribution in [2.45, 2.75) is 20.0 Å². The maximum atomic E-state index is 11.9. The number of aryl methyl sites for hydroxylation is 1. The van der Waals surface area contributed by atoms with Gasteiger partial charge in [-0.1, -0.05) is 12.1 Å². The minimum Gasteiger partial charge on any atom is -0.479 e. The van der Waals surface area contributed by atoms with E-state index >= 15 is 0 Å². The Balaban J connectivity index is 1.80. The molecule has 0 bridgehead atoms. The lowest BCUT2D eigenvalue weighted by atomic mass is 10.2. The van der Waals surface area contributed by atoms with Crippen LogP contribution in [0.1, 0.15) is 22.8 Å². The van der Waals surface area contributed by atoms with Gasteiger partial charge >= 0.3 is 5.97 Å². The summed E-state index contributed by atoms with van der Waals surface area (Å²) in [6.07, 6.45) is -0.848. The molecule has 0 radical (unpaired) electrons. The molecule has 0 saturated heterocycles. The summed E-state index contributed by atoms with van der Waals surface area (Å²) >= 11 is 0. The second-order valence-corrected chi connectivity index (χ2v) is 5.67. The standard InChI is InChI=1S/C19H20N2O5/c1-12-4-3-5-16(10-12)26-13(2)19(24)25-11-17(22)21-15-8-6-14(7-9-15)18(20)23/h3-10,13H,11H2,1-2H3,(H2,20,23)(H,21,22)/t13-/m1/s1. The molecular formula is C19H20N2O5. The van der Waals surface area contributed by atoms with Gasteiger partial charge in [0.25, 0.3) is 5.91 Å². The van der Waals surface area contributed by atoms with E-state index in [9.17, 15) is 14.4 Å². The van der Waals surface area contributed by atoms with Crippen molar-refractivity contribution in [3.63, 3.8) is 0 Å². The van der Waals surface area contributed by atoms with Crippen LogP contribution < -0.4 is 15.8 Å². The van der Waals surface area contributed by atoms with E-state index < -0.39 is 30.5 Å². The van der Waals surface area contributed by atoms with Crippen molar-refractivity contribution in [3.05, 3.63) is 59.7 Å². The molecule has 0 aliphatic carbocycles. The number of carbonyl (C=O) groups is 3. The molecule has 2 aromatic carbocycles. The van der Waals surface area contributed by atoms with Crippen LogP contribution >= 0.6 is 0 Å². The third kappa shape index (κ3) is 5.62. The number of hydrogen-bond donors (Lipinski definition) is 2. The van der Waals surface area contributed by atoms with Crippen molar-refractivity contribution in [1.29, 1.82) is 0 Å². The molecule has 0 unspecified atom stereocenters. The first-order valence-electron chi connectivity index (χ1n) is 7.95. The molecular weight excluding hydrogens is 336 g/mol. The van der Waals surface area contributed by atoms with Gasteiger partial charge in [-0.3, -0.25) is 9.59 Å². The molecule has 26 heavy (non-hydrogen) atoms. The lowest BCUT2D eigenvalue weighted by Gasteiger charge is -2.14. The van der Waals surface area contributed by atoms with Crippen molar-refractivity contribution in [2.24, 2.45) is 5.73 Å². The zero-order valence-electron chi connectivity index (χ0n) is 14.5. The highest BCUT2D eigenvalue weighted by Gasteiger charge is 2.18. The lowest BCUT2D eigenvalue weighted by molar-refractivity contribution is -0.153. The van der Waals surface area contributed by atoms with Gasteiger partial charge in [0, 0.05) is 11.3 Å². The molecule has 0 aliphatic heterocycles. The van der Waals surface area contributed by atoms with Crippen molar-refractivity contribution in [2.75, 3.05) is 11.9 Å². The van der Waals surface area contributed by atoms with Gasteiger partial charge in [-0.2, -0.15) is 0 Å². The number of anilines is 1. The zero-order valence-corrected chi connectivity index (χ0v) is 14.5. The largest absolute Gasteiger partial charge is 0.479 e. The minimum atomic E-state index is -0.848. The Morgan fingerprint density at radius 2 is 1.81 bits per heavy atom. The van der Waals surface area contributed by atoms with Crippen LogP contribution in [-0.4, -0.2) is 30.5 Å². The van der Waals surface area contributed by atoms with E-state index in [1.807, 2.05) is 19.1 Å². The van der Waals surface area contributed by atoms with Crippen LogP contribution in [-0.2, 0) is 14.3 Å². The summed E-state index contributed by atoms with van der Waals surface area (Å²) in [5, 5.41) is 2.55. The molecule has 0 saturated carbocycles. The van der Waals surface area contributed by atoms with E-state index in [2.05, 4.69) is 5.32 Å². The number of nitrogens with one attached hydrogen (secondary N) is 1. The number of rotatable bonds is 7. The fourth-order valence-corrected chi connectivity index (χ4v) is 2.11. The number of hydrogen-bond acceptors (Lipinski definition) is 5. The third-order valence-corrected chi connectivity index (χ3v) is 3.43. The quantitative estimate of drug-likeness (QED) is 0.738. The SMILES string of the molecule is Cc1cccc(O[C@H](C)C(=O)OCC(=O)Nc2ccc(C(N)=O)cc2)c1. The first-order chi connectivity index (χ1) is 12.3. The van der Waals surface area contributed by atoms with E-state index in [0.717, 1.165) is 5.56 Å². The van der Waals surface area contributed by atoms with Gasteiger partial charge in [-0.25, -0.2) is 4.79 Å². The average Bonchev–Trinajstić information content (AvgIpc) is 2.60. The fraction of sp³-hybridized carbons (Fsp3) is 0.211. The smallest absolute Gasteiger partial charge is 0.347 e. The molecule has 2 aromatic rings. The summed E-state index contributed by atoms with van der Waals surface area (Å²) in [5.41, 5.74) is 6.94. The van der Waals surface area contributed by atoms with Crippen LogP contribution in [0.2, 0.25) is 0 Å². The first-order valence-corrected chi connectivity index (χ1v) is 7.95. The van der Waals surface area contributed by atoms with E-state index in [1.54, 1.807) is 19.1 Å². The summed E-state index contributed by atoms with van der Waals surface area (Å²) < 4.78 is 10.4. The van der Waals surface area contributed by atoms with Gasteiger partial charge in [0.05, 0.1) is 0 Å². The Morgan fingerprint density at radius 1 is 1.12 bits per heavy atom. The second kappa shape index (κ2) is 8.66. The monoisotopic (exact) mass is 356 g/mol. The summed E-state index contributed by atoms with van der Waals surface area (Å²) in [6, 6.07) is 13.3. The zero-order chi connectivity index (χ0) is 19.1. The molecule has 2 rings (SSSR count). The number of esters is 1. The van der Waals surface area contributed by atoms with Crippen molar-refractivity contribution in [1.82, 2.24) is 0 Å². The maximum Gasteiger partial charge on any atom is 0.347 e. The van der Waals surface area contributed by atoms with Gasteiger partial charge in [-0.05, 0) is 55.8 Å². The maximum absolute atomic E-state index is 11.9. The highest BCUT2D eigenvalue weighted by Crippen LogP contribution is 2.14. The van der Waals surface area contributed by atoms with E-state index in [1.165, 1.54) is 24.3 Å². The van der Waals surface area contributed by atoms with Gasteiger partial charge in [0.2, 0.25) is 5.91 Å². The average molecular weight is 356 g/mol. The van der Waals surface area contributed by atoms with Gasteiger partial charge < -0.3 is 20.5 Å². The Hall–Kier alpha value is -3.35. The number of primary amides is 1. The van der Waals surface area contributed by atoms with Crippen LogP contribution in [0.25, 0.3) is 0 Å². The Morgan fingerprint density at radius 3 is 2.42 bits per heavy atom. The van der Waals surface area contributed by atoms with Crippen LogP contribution in [0.4, 0.5) is 5.69 Å². The normalized spacial score (nSPS) is 11.3.